The Balaban J connectivity index is 1.59. The average Bonchev–Trinajstić information content (AvgIpc) is 3.26. The fourth-order valence-electron chi connectivity index (χ4n) is 4.74. The number of aromatic nitrogens is 3. The Morgan fingerprint density at radius 2 is 1.50 bits per heavy atom. The molecule has 2 aliphatic heterocycles. The molecule has 3 heterocycles. The summed E-state index contributed by atoms with van der Waals surface area (Å²) in [6.07, 6.45) is -0.326. The lowest BCUT2D eigenvalue weighted by Crippen LogP contribution is -2.32. The van der Waals surface area contributed by atoms with Crippen LogP contribution in [0.25, 0.3) is 5.70 Å². The van der Waals surface area contributed by atoms with Crippen LogP contribution in [-0.2, 0) is 0 Å². The minimum Gasteiger partial charge on any atom is -0.497 e. The van der Waals surface area contributed by atoms with Crippen molar-refractivity contribution in [3.63, 3.8) is 0 Å². The highest BCUT2D eigenvalue weighted by Crippen LogP contribution is 2.50. The zero-order valence-electron chi connectivity index (χ0n) is 19.1. The summed E-state index contributed by atoms with van der Waals surface area (Å²) in [4.78, 5) is 4.67. The van der Waals surface area contributed by atoms with E-state index < -0.39 is 0 Å². The standard InChI is InChI=1S/C27H24N4O3/c1-16-28-27-29-24-21-6-4-5-7-22(21)34-26(18-10-14-20(33-3)15-11-18)23(24)25(31(27)30-16)17-8-12-19(32-2)13-9-17/h4-15,25-26H,1-3H3,(H,28,29,30). The van der Waals surface area contributed by atoms with Crippen LogP contribution in [0.15, 0.2) is 78.4 Å². The molecule has 7 heteroatoms. The lowest BCUT2D eigenvalue weighted by atomic mass is 9.84. The van der Waals surface area contributed by atoms with Gasteiger partial charge in [-0.05, 0) is 54.4 Å². The van der Waals surface area contributed by atoms with Crippen LogP contribution in [0, 0.1) is 6.92 Å². The van der Waals surface area contributed by atoms with Crippen LogP contribution in [0.2, 0.25) is 0 Å². The molecule has 0 spiro atoms. The van der Waals surface area contributed by atoms with Gasteiger partial charge in [-0.1, -0.05) is 36.4 Å². The molecule has 1 N–H and O–H groups in total. The first-order valence-electron chi connectivity index (χ1n) is 11.1. The van der Waals surface area contributed by atoms with Gasteiger partial charge in [-0.15, -0.1) is 0 Å². The normalized spacial score (nSPS) is 18.2. The molecule has 6 rings (SSSR count). The first-order valence-corrected chi connectivity index (χ1v) is 11.1. The molecule has 1 aromatic heterocycles. The molecular formula is C27H24N4O3. The highest BCUT2D eigenvalue weighted by atomic mass is 16.5. The molecule has 0 fully saturated rings. The van der Waals surface area contributed by atoms with Crippen molar-refractivity contribution < 1.29 is 14.2 Å². The summed E-state index contributed by atoms with van der Waals surface area (Å²) in [5.41, 5.74) is 5.19. The highest BCUT2D eigenvalue weighted by Gasteiger charge is 2.41. The molecular weight excluding hydrogens is 428 g/mol. The predicted molar refractivity (Wildman–Crippen MR) is 129 cm³/mol. The van der Waals surface area contributed by atoms with Gasteiger partial charge in [-0.25, -0.2) is 4.68 Å². The maximum Gasteiger partial charge on any atom is 0.226 e. The van der Waals surface area contributed by atoms with Gasteiger partial charge in [-0.2, -0.15) is 10.1 Å². The Morgan fingerprint density at radius 1 is 0.853 bits per heavy atom. The molecule has 3 aromatic carbocycles. The van der Waals surface area contributed by atoms with E-state index in [1.54, 1.807) is 14.2 Å². The maximum absolute atomic E-state index is 6.65. The first kappa shape index (κ1) is 20.4. The van der Waals surface area contributed by atoms with Gasteiger partial charge < -0.3 is 19.5 Å². The molecule has 4 aromatic rings. The number of hydrogen-bond donors (Lipinski definition) is 1. The minimum absolute atomic E-state index is 0.209. The lowest BCUT2D eigenvalue weighted by Gasteiger charge is -2.39. The van der Waals surface area contributed by atoms with Crippen molar-refractivity contribution in [3.05, 3.63) is 101 Å². The van der Waals surface area contributed by atoms with Gasteiger partial charge in [0, 0.05) is 11.1 Å². The SMILES string of the molecule is COc1ccc(C2Oc3ccccc3C3=C2C(c2ccc(OC)cc2)n2nc(C)nc2N3)cc1. The summed E-state index contributed by atoms with van der Waals surface area (Å²) in [7, 11) is 3.34. The quantitative estimate of drug-likeness (QED) is 0.461. The number of para-hydroxylation sites is 1. The van der Waals surface area contributed by atoms with Crippen molar-refractivity contribution in [2.45, 2.75) is 19.1 Å². The highest BCUT2D eigenvalue weighted by molar-refractivity contribution is 5.85. The molecule has 2 aliphatic rings. The molecule has 0 amide bonds. The van der Waals surface area contributed by atoms with Crippen LogP contribution < -0.4 is 19.5 Å². The third-order valence-electron chi connectivity index (χ3n) is 6.34. The third kappa shape index (κ3) is 3.20. The second-order valence-corrected chi connectivity index (χ2v) is 8.33. The van der Waals surface area contributed by atoms with Crippen LogP contribution in [0.5, 0.6) is 17.2 Å². The molecule has 0 radical (unpaired) electrons. The van der Waals surface area contributed by atoms with E-state index in [1.807, 2.05) is 54.1 Å². The number of methoxy groups -OCH3 is 2. The van der Waals surface area contributed by atoms with Gasteiger partial charge in [0.05, 0.1) is 19.9 Å². The Hall–Kier alpha value is -4.26. The average molecular weight is 453 g/mol. The molecule has 2 atom stereocenters. The van der Waals surface area contributed by atoms with Gasteiger partial charge in [-0.3, -0.25) is 0 Å². The third-order valence-corrected chi connectivity index (χ3v) is 6.34. The summed E-state index contributed by atoms with van der Waals surface area (Å²) in [6, 6.07) is 24.0. The number of ether oxygens (including phenoxy) is 3. The van der Waals surface area contributed by atoms with E-state index in [0.717, 1.165) is 45.2 Å². The number of nitrogens with one attached hydrogen (secondary N) is 1. The zero-order chi connectivity index (χ0) is 23.2. The van der Waals surface area contributed by atoms with E-state index in [1.165, 1.54) is 0 Å². The minimum atomic E-state index is -0.326. The van der Waals surface area contributed by atoms with Crippen molar-refractivity contribution in [2.75, 3.05) is 19.5 Å². The Bertz CT molecular complexity index is 1390. The van der Waals surface area contributed by atoms with Crippen LogP contribution in [0.4, 0.5) is 5.95 Å². The van der Waals surface area contributed by atoms with E-state index in [0.29, 0.717) is 11.8 Å². The number of nitrogens with zero attached hydrogens (tertiary/aromatic N) is 3. The summed E-state index contributed by atoms with van der Waals surface area (Å²) in [5, 5.41) is 8.32. The predicted octanol–water partition coefficient (Wildman–Crippen LogP) is 5.16. The van der Waals surface area contributed by atoms with E-state index in [-0.39, 0.29) is 12.1 Å². The largest absolute Gasteiger partial charge is 0.497 e. The zero-order valence-corrected chi connectivity index (χ0v) is 19.1. The fourth-order valence-corrected chi connectivity index (χ4v) is 4.74. The van der Waals surface area contributed by atoms with Crippen LogP contribution >= 0.6 is 0 Å². The van der Waals surface area contributed by atoms with Crippen LogP contribution in [-0.4, -0.2) is 29.0 Å². The summed E-state index contributed by atoms with van der Waals surface area (Å²) in [6.45, 7) is 1.91. The Morgan fingerprint density at radius 3 is 2.18 bits per heavy atom. The van der Waals surface area contributed by atoms with Crippen LogP contribution in [0.1, 0.15) is 34.7 Å². The van der Waals surface area contributed by atoms with Crippen LogP contribution in [0.3, 0.4) is 0 Å². The molecule has 0 saturated carbocycles. The fraction of sp³-hybridized carbons (Fsp3) is 0.185. The van der Waals surface area contributed by atoms with E-state index in [2.05, 4.69) is 40.6 Å². The monoisotopic (exact) mass is 452 g/mol. The summed E-state index contributed by atoms with van der Waals surface area (Å²) >= 11 is 0. The number of aryl methyl sites for hydroxylation is 1. The first-order chi connectivity index (χ1) is 16.7. The van der Waals surface area contributed by atoms with Crippen molar-refractivity contribution >= 4 is 11.6 Å². The van der Waals surface area contributed by atoms with Crippen molar-refractivity contribution in [3.8, 4) is 17.2 Å². The van der Waals surface area contributed by atoms with Gasteiger partial charge in [0.2, 0.25) is 5.95 Å². The molecule has 34 heavy (non-hydrogen) atoms. The summed E-state index contributed by atoms with van der Waals surface area (Å²) < 4.78 is 19.4. The van der Waals surface area contributed by atoms with Gasteiger partial charge >= 0.3 is 0 Å². The molecule has 7 nitrogen and oxygen atoms in total. The molecule has 0 aliphatic carbocycles. The Kier molecular flexibility index (Phi) is 4.76. The van der Waals surface area contributed by atoms with Gasteiger partial charge in [0.1, 0.15) is 35.2 Å². The van der Waals surface area contributed by atoms with Gasteiger partial charge in [0.15, 0.2) is 0 Å². The molecule has 170 valence electrons. The van der Waals surface area contributed by atoms with Crippen molar-refractivity contribution in [1.29, 1.82) is 0 Å². The van der Waals surface area contributed by atoms with E-state index in [9.17, 15) is 0 Å². The number of anilines is 1. The maximum atomic E-state index is 6.65. The van der Waals surface area contributed by atoms with E-state index in [4.69, 9.17) is 19.3 Å². The number of hydrogen-bond acceptors (Lipinski definition) is 6. The van der Waals surface area contributed by atoms with Crippen molar-refractivity contribution in [2.24, 2.45) is 0 Å². The topological polar surface area (TPSA) is 70.4 Å². The Labute approximate surface area is 197 Å². The summed E-state index contributed by atoms with van der Waals surface area (Å²) in [5.74, 6) is 3.85. The molecule has 0 bridgehead atoms. The molecule has 0 saturated heterocycles. The van der Waals surface area contributed by atoms with Crippen molar-refractivity contribution in [1.82, 2.24) is 14.8 Å². The number of benzene rings is 3. The second-order valence-electron chi connectivity index (χ2n) is 8.33. The van der Waals surface area contributed by atoms with Gasteiger partial charge in [0.25, 0.3) is 0 Å². The second kappa shape index (κ2) is 7.95. The number of rotatable bonds is 4. The van der Waals surface area contributed by atoms with E-state index >= 15 is 0 Å². The number of fused-ring (bicyclic) bond motifs is 3. The molecule has 2 unspecified atom stereocenters. The lowest BCUT2D eigenvalue weighted by molar-refractivity contribution is 0.223. The smallest absolute Gasteiger partial charge is 0.226 e.